The molecule has 1 aliphatic carbocycles. The Balaban J connectivity index is 1.44. The van der Waals surface area contributed by atoms with Gasteiger partial charge >= 0.3 is 5.97 Å². The average Bonchev–Trinajstić information content (AvgIpc) is 2.77. The van der Waals surface area contributed by atoms with Crippen LogP contribution in [-0.4, -0.2) is 11.1 Å². The number of rotatable bonds is 6. The number of aromatic carboxylic acids is 1. The standard InChI is InChI=1S/C25H24ClNO3/c26-22-16-18(17-6-2-1-3-7-17)10-15-24(22)30-20-13-11-19(12-14-20)27-23-9-5-4-8-21(23)25(28)29/h4-5,8-17,27H,1-3,6-7H2,(H,28,29). The fraction of sp³-hybridized carbons (Fsp3) is 0.240. The molecule has 1 saturated carbocycles. The molecule has 1 fully saturated rings. The molecule has 0 bridgehead atoms. The summed E-state index contributed by atoms with van der Waals surface area (Å²) in [4.78, 5) is 11.4. The number of para-hydroxylation sites is 1. The Morgan fingerprint density at radius 3 is 2.40 bits per heavy atom. The third kappa shape index (κ3) is 4.77. The van der Waals surface area contributed by atoms with Gasteiger partial charge in [-0.15, -0.1) is 0 Å². The third-order valence-electron chi connectivity index (χ3n) is 5.55. The largest absolute Gasteiger partial charge is 0.478 e. The molecular formula is C25H24ClNO3. The number of hydrogen-bond donors (Lipinski definition) is 2. The van der Waals surface area contributed by atoms with Gasteiger partial charge in [-0.2, -0.15) is 0 Å². The van der Waals surface area contributed by atoms with E-state index < -0.39 is 5.97 Å². The third-order valence-corrected chi connectivity index (χ3v) is 5.85. The van der Waals surface area contributed by atoms with Gasteiger partial charge in [-0.1, -0.05) is 49.1 Å². The van der Waals surface area contributed by atoms with Gasteiger partial charge in [0.1, 0.15) is 11.5 Å². The van der Waals surface area contributed by atoms with E-state index in [1.807, 2.05) is 36.4 Å². The fourth-order valence-electron chi connectivity index (χ4n) is 3.96. The highest BCUT2D eigenvalue weighted by Gasteiger charge is 2.17. The van der Waals surface area contributed by atoms with E-state index in [1.165, 1.54) is 37.7 Å². The van der Waals surface area contributed by atoms with Crippen molar-refractivity contribution in [3.8, 4) is 11.5 Å². The molecule has 0 atom stereocenters. The van der Waals surface area contributed by atoms with Crippen LogP contribution in [0.1, 0.15) is 53.9 Å². The monoisotopic (exact) mass is 421 g/mol. The molecule has 30 heavy (non-hydrogen) atoms. The molecule has 0 aromatic heterocycles. The highest BCUT2D eigenvalue weighted by Crippen LogP contribution is 2.37. The van der Waals surface area contributed by atoms with Crippen molar-refractivity contribution in [3.05, 3.63) is 82.9 Å². The van der Waals surface area contributed by atoms with Crippen molar-refractivity contribution < 1.29 is 14.6 Å². The number of ether oxygens (including phenoxy) is 1. The number of hydrogen-bond acceptors (Lipinski definition) is 3. The Hall–Kier alpha value is -2.98. The van der Waals surface area contributed by atoms with Gasteiger partial charge in [0.2, 0.25) is 0 Å². The Morgan fingerprint density at radius 2 is 1.70 bits per heavy atom. The van der Waals surface area contributed by atoms with Gasteiger partial charge in [0, 0.05) is 5.69 Å². The maximum Gasteiger partial charge on any atom is 0.337 e. The molecule has 0 heterocycles. The number of anilines is 2. The first kappa shape index (κ1) is 20.3. The summed E-state index contributed by atoms with van der Waals surface area (Å²) in [6.07, 6.45) is 6.37. The highest BCUT2D eigenvalue weighted by atomic mass is 35.5. The van der Waals surface area contributed by atoms with Crippen molar-refractivity contribution in [1.29, 1.82) is 0 Å². The van der Waals surface area contributed by atoms with Crippen LogP contribution in [0.5, 0.6) is 11.5 Å². The Morgan fingerprint density at radius 1 is 0.967 bits per heavy atom. The van der Waals surface area contributed by atoms with Crippen LogP contribution >= 0.6 is 11.6 Å². The van der Waals surface area contributed by atoms with Crippen LogP contribution in [-0.2, 0) is 0 Å². The Kier molecular flexibility index (Phi) is 6.24. The first-order valence-corrected chi connectivity index (χ1v) is 10.6. The topological polar surface area (TPSA) is 58.6 Å². The lowest BCUT2D eigenvalue weighted by atomic mass is 9.84. The number of halogens is 1. The van der Waals surface area contributed by atoms with Crippen LogP contribution in [0.15, 0.2) is 66.7 Å². The number of carboxylic acid groups (broad SMARTS) is 1. The van der Waals surface area contributed by atoms with Gasteiger partial charge in [-0.3, -0.25) is 0 Å². The van der Waals surface area contributed by atoms with Gasteiger partial charge in [-0.05, 0) is 72.9 Å². The van der Waals surface area contributed by atoms with E-state index in [0.717, 1.165) is 5.69 Å². The molecule has 2 N–H and O–H groups in total. The van der Waals surface area contributed by atoms with Crippen LogP contribution in [0.3, 0.4) is 0 Å². The first-order valence-electron chi connectivity index (χ1n) is 10.3. The lowest BCUT2D eigenvalue weighted by Crippen LogP contribution is -2.04. The normalized spacial score (nSPS) is 14.3. The fourth-order valence-corrected chi connectivity index (χ4v) is 4.18. The van der Waals surface area contributed by atoms with E-state index in [-0.39, 0.29) is 5.56 Å². The molecule has 3 aromatic rings. The quantitative estimate of drug-likeness (QED) is 0.429. The summed E-state index contributed by atoms with van der Waals surface area (Å²) in [6.45, 7) is 0. The van der Waals surface area contributed by atoms with Crippen LogP contribution < -0.4 is 10.1 Å². The van der Waals surface area contributed by atoms with Gasteiger partial charge in [-0.25, -0.2) is 4.79 Å². The smallest absolute Gasteiger partial charge is 0.337 e. The zero-order chi connectivity index (χ0) is 20.9. The van der Waals surface area contributed by atoms with Crippen molar-refractivity contribution in [2.24, 2.45) is 0 Å². The van der Waals surface area contributed by atoms with Crippen LogP contribution in [0.25, 0.3) is 0 Å². The predicted molar refractivity (Wildman–Crippen MR) is 120 cm³/mol. The van der Waals surface area contributed by atoms with Crippen LogP contribution in [0.4, 0.5) is 11.4 Å². The lowest BCUT2D eigenvalue weighted by molar-refractivity contribution is 0.0698. The number of carbonyl (C=O) groups is 1. The van der Waals surface area contributed by atoms with E-state index in [4.69, 9.17) is 16.3 Å². The summed E-state index contributed by atoms with van der Waals surface area (Å²) in [6, 6.07) is 20.3. The average molecular weight is 422 g/mol. The van der Waals surface area contributed by atoms with E-state index >= 15 is 0 Å². The summed E-state index contributed by atoms with van der Waals surface area (Å²) in [5, 5.41) is 13.1. The molecule has 0 saturated heterocycles. The summed E-state index contributed by atoms with van der Waals surface area (Å²) < 4.78 is 5.96. The van der Waals surface area contributed by atoms with Crippen molar-refractivity contribution >= 4 is 28.9 Å². The maximum atomic E-state index is 11.4. The van der Waals surface area contributed by atoms with Crippen LogP contribution in [0, 0.1) is 0 Å². The minimum atomic E-state index is -0.968. The molecule has 0 unspecified atom stereocenters. The van der Waals surface area contributed by atoms with Crippen molar-refractivity contribution in [3.63, 3.8) is 0 Å². The minimum absolute atomic E-state index is 0.225. The molecule has 0 amide bonds. The highest BCUT2D eigenvalue weighted by molar-refractivity contribution is 6.32. The molecule has 0 aliphatic heterocycles. The van der Waals surface area contributed by atoms with Crippen molar-refractivity contribution in [2.45, 2.75) is 38.0 Å². The molecule has 4 rings (SSSR count). The SMILES string of the molecule is O=C(O)c1ccccc1Nc1ccc(Oc2ccc(C3CCCCC3)cc2Cl)cc1. The van der Waals surface area contributed by atoms with Crippen molar-refractivity contribution in [2.75, 3.05) is 5.32 Å². The van der Waals surface area contributed by atoms with Gasteiger partial charge < -0.3 is 15.2 Å². The molecule has 5 heteroatoms. The molecule has 1 aliphatic rings. The molecule has 0 radical (unpaired) electrons. The summed E-state index contributed by atoms with van der Waals surface area (Å²) in [5.41, 5.74) is 2.83. The van der Waals surface area contributed by atoms with Gasteiger partial charge in [0.15, 0.2) is 0 Å². The predicted octanol–water partition coefficient (Wildman–Crippen LogP) is 7.62. The number of nitrogens with one attached hydrogen (secondary N) is 1. The van der Waals surface area contributed by atoms with E-state index in [1.54, 1.807) is 24.3 Å². The zero-order valence-corrected chi connectivity index (χ0v) is 17.4. The zero-order valence-electron chi connectivity index (χ0n) is 16.6. The van der Waals surface area contributed by atoms with Gasteiger partial charge in [0.05, 0.1) is 16.3 Å². The summed E-state index contributed by atoms with van der Waals surface area (Å²) >= 11 is 6.49. The molecule has 0 spiro atoms. The summed E-state index contributed by atoms with van der Waals surface area (Å²) in [5.74, 6) is 0.932. The van der Waals surface area contributed by atoms with E-state index in [9.17, 15) is 9.90 Å². The van der Waals surface area contributed by atoms with Crippen LogP contribution in [0.2, 0.25) is 5.02 Å². The lowest BCUT2D eigenvalue weighted by Gasteiger charge is -2.22. The Bertz CT molecular complexity index is 1030. The second-order valence-corrected chi connectivity index (χ2v) is 8.03. The molecular weight excluding hydrogens is 398 g/mol. The van der Waals surface area contributed by atoms with E-state index in [0.29, 0.717) is 28.1 Å². The van der Waals surface area contributed by atoms with Gasteiger partial charge in [0.25, 0.3) is 0 Å². The first-order chi connectivity index (χ1) is 14.6. The Labute approximate surface area is 181 Å². The minimum Gasteiger partial charge on any atom is -0.478 e. The molecule has 3 aromatic carbocycles. The molecule has 154 valence electrons. The number of benzene rings is 3. The van der Waals surface area contributed by atoms with Crippen molar-refractivity contribution in [1.82, 2.24) is 0 Å². The second kappa shape index (κ2) is 9.23. The molecule has 4 nitrogen and oxygen atoms in total. The second-order valence-electron chi connectivity index (χ2n) is 7.63. The number of carboxylic acids is 1. The maximum absolute atomic E-state index is 11.4. The summed E-state index contributed by atoms with van der Waals surface area (Å²) in [7, 11) is 0. The van der Waals surface area contributed by atoms with E-state index in [2.05, 4.69) is 11.4 Å².